The molecule has 132 valence electrons. The maximum absolute atomic E-state index is 12.9. The fourth-order valence-electron chi connectivity index (χ4n) is 3.41. The molecule has 1 unspecified atom stereocenters. The van der Waals surface area contributed by atoms with Crippen LogP contribution in [0.2, 0.25) is 0 Å². The molecule has 1 saturated heterocycles. The smallest absolute Gasteiger partial charge is 0.263 e. The highest BCUT2D eigenvalue weighted by molar-refractivity contribution is 5.93. The SMILES string of the molecule is COc1ccc(C2CCCCN(C(=O)c3cccn(C)c3=O)C2)cc1. The van der Waals surface area contributed by atoms with Gasteiger partial charge in [0.15, 0.2) is 0 Å². The van der Waals surface area contributed by atoms with Gasteiger partial charge in [-0.25, -0.2) is 0 Å². The van der Waals surface area contributed by atoms with E-state index in [1.165, 1.54) is 10.1 Å². The molecule has 2 aromatic rings. The van der Waals surface area contributed by atoms with Gasteiger partial charge in [-0.3, -0.25) is 9.59 Å². The molecule has 1 atom stereocenters. The molecule has 1 aliphatic heterocycles. The van der Waals surface area contributed by atoms with E-state index in [4.69, 9.17) is 4.74 Å². The monoisotopic (exact) mass is 340 g/mol. The minimum absolute atomic E-state index is 0.165. The van der Waals surface area contributed by atoms with E-state index in [0.717, 1.165) is 25.0 Å². The third-order valence-corrected chi connectivity index (χ3v) is 4.90. The maximum Gasteiger partial charge on any atom is 0.263 e. The van der Waals surface area contributed by atoms with Gasteiger partial charge in [-0.2, -0.15) is 0 Å². The van der Waals surface area contributed by atoms with Crippen molar-refractivity contribution in [3.8, 4) is 5.75 Å². The highest BCUT2D eigenvalue weighted by Crippen LogP contribution is 2.28. The van der Waals surface area contributed by atoms with Gasteiger partial charge in [-0.05, 0) is 42.7 Å². The van der Waals surface area contributed by atoms with E-state index >= 15 is 0 Å². The molecule has 5 heteroatoms. The second-order valence-corrected chi connectivity index (χ2v) is 6.55. The van der Waals surface area contributed by atoms with E-state index < -0.39 is 0 Å². The normalized spacial score (nSPS) is 17.8. The number of aryl methyl sites for hydroxylation is 1. The summed E-state index contributed by atoms with van der Waals surface area (Å²) in [6.07, 6.45) is 4.75. The number of rotatable bonds is 3. The third-order valence-electron chi connectivity index (χ3n) is 4.90. The van der Waals surface area contributed by atoms with E-state index in [9.17, 15) is 9.59 Å². The summed E-state index contributed by atoms with van der Waals surface area (Å²) in [5.41, 5.74) is 1.22. The number of aromatic nitrogens is 1. The molecule has 0 bridgehead atoms. The summed E-state index contributed by atoms with van der Waals surface area (Å²) in [4.78, 5) is 27.0. The second-order valence-electron chi connectivity index (χ2n) is 6.55. The Hall–Kier alpha value is -2.56. The van der Waals surface area contributed by atoms with Gasteiger partial charge in [0.1, 0.15) is 11.3 Å². The summed E-state index contributed by atoms with van der Waals surface area (Å²) in [7, 11) is 3.32. The number of pyridine rings is 1. The summed E-state index contributed by atoms with van der Waals surface area (Å²) in [5.74, 6) is 0.949. The van der Waals surface area contributed by atoms with Crippen LogP contribution < -0.4 is 10.3 Å². The molecule has 25 heavy (non-hydrogen) atoms. The van der Waals surface area contributed by atoms with Gasteiger partial charge >= 0.3 is 0 Å². The fraction of sp³-hybridized carbons (Fsp3) is 0.400. The predicted molar refractivity (Wildman–Crippen MR) is 97.2 cm³/mol. The molecule has 0 spiro atoms. The molecule has 1 aromatic heterocycles. The largest absolute Gasteiger partial charge is 0.497 e. The maximum atomic E-state index is 12.9. The number of carbonyl (C=O) groups excluding carboxylic acids is 1. The first-order valence-corrected chi connectivity index (χ1v) is 8.69. The van der Waals surface area contributed by atoms with E-state index in [0.29, 0.717) is 13.1 Å². The zero-order valence-electron chi connectivity index (χ0n) is 14.8. The van der Waals surface area contributed by atoms with Crippen LogP contribution in [0.15, 0.2) is 47.4 Å². The molecule has 0 saturated carbocycles. The molecule has 1 aliphatic rings. The zero-order chi connectivity index (χ0) is 17.8. The Morgan fingerprint density at radius 2 is 1.92 bits per heavy atom. The summed E-state index contributed by atoms with van der Waals surface area (Å²) >= 11 is 0. The van der Waals surface area contributed by atoms with Gasteiger partial charge in [0.05, 0.1) is 7.11 Å². The summed E-state index contributed by atoms with van der Waals surface area (Å²) in [6, 6.07) is 11.4. The van der Waals surface area contributed by atoms with Gasteiger partial charge in [0, 0.05) is 32.3 Å². The van der Waals surface area contributed by atoms with Crippen LogP contribution in [0, 0.1) is 0 Å². The van der Waals surface area contributed by atoms with E-state index in [-0.39, 0.29) is 22.9 Å². The van der Waals surface area contributed by atoms with Gasteiger partial charge in [0.2, 0.25) is 0 Å². The Morgan fingerprint density at radius 3 is 2.64 bits per heavy atom. The first-order valence-electron chi connectivity index (χ1n) is 8.69. The number of ether oxygens (including phenoxy) is 1. The van der Waals surface area contributed by atoms with Crippen molar-refractivity contribution < 1.29 is 9.53 Å². The van der Waals surface area contributed by atoms with Gasteiger partial charge < -0.3 is 14.2 Å². The average molecular weight is 340 g/mol. The minimum Gasteiger partial charge on any atom is -0.497 e. The molecule has 1 amide bonds. The van der Waals surface area contributed by atoms with E-state index in [1.54, 1.807) is 32.5 Å². The number of amides is 1. The molecular formula is C20H24N2O3. The van der Waals surface area contributed by atoms with Crippen molar-refractivity contribution in [3.05, 3.63) is 64.1 Å². The number of hydrogen-bond acceptors (Lipinski definition) is 3. The van der Waals surface area contributed by atoms with Crippen molar-refractivity contribution in [1.82, 2.24) is 9.47 Å². The van der Waals surface area contributed by atoms with Crippen molar-refractivity contribution in [2.75, 3.05) is 20.2 Å². The quantitative estimate of drug-likeness (QED) is 0.863. The fourth-order valence-corrected chi connectivity index (χ4v) is 3.41. The van der Waals surface area contributed by atoms with Gasteiger partial charge in [0.25, 0.3) is 11.5 Å². The van der Waals surface area contributed by atoms with Crippen LogP contribution in [0.3, 0.4) is 0 Å². The number of nitrogens with zero attached hydrogens (tertiary/aromatic N) is 2. The van der Waals surface area contributed by atoms with Crippen LogP contribution in [0.5, 0.6) is 5.75 Å². The average Bonchev–Trinajstić information content (AvgIpc) is 2.90. The summed E-state index contributed by atoms with van der Waals surface area (Å²) in [6.45, 7) is 1.34. The summed E-state index contributed by atoms with van der Waals surface area (Å²) < 4.78 is 6.67. The number of hydrogen-bond donors (Lipinski definition) is 0. The third kappa shape index (κ3) is 3.76. The Balaban J connectivity index is 1.82. The Labute approximate surface area is 147 Å². The Bertz CT molecular complexity index is 795. The number of methoxy groups -OCH3 is 1. The zero-order valence-corrected chi connectivity index (χ0v) is 14.8. The lowest BCUT2D eigenvalue weighted by Gasteiger charge is -2.25. The van der Waals surface area contributed by atoms with Crippen LogP contribution in [0.25, 0.3) is 0 Å². The van der Waals surface area contributed by atoms with Crippen molar-refractivity contribution in [2.45, 2.75) is 25.2 Å². The minimum atomic E-state index is -0.238. The lowest BCUT2D eigenvalue weighted by molar-refractivity contribution is 0.0752. The van der Waals surface area contributed by atoms with Gasteiger partial charge in [-0.1, -0.05) is 18.6 Å². The van der Waals surface area contributed by atoms with Crippen molar-refractivity contribution in [1.29, 1.82) is 0 Å². The Kier molecular flexibility index (Phi) is 5.22. The van der Waals surface area contributed by atoms with Crippen molar-refractivity contribution in [3.63, 3.8) is 0 Å². The highest BCUT2D eigenvalue weighted by Gasteiger charge is 2.25. The molecular weight excluding hydrogens is 316 g/mol. The van der Waals surface area contributed by atoms with E-state index in [2.05, 4.69) is 12.1 Å². The standard InChI is InChI=1S/C20H24N2O3/c1-21-12-5-7-18(19(21)23)20(24)22-13-4-3-6-16(14-22)15-8-10-17(25-2)11-9-15/h5,7-12,16H,3-4,6,13-14H2,1-2H3. The lowest BCUT2D eigenvalue weighted by atomic mass is 9.94. The molecule has 3 rings (SSSR count). The highest BCUT2D eigenvalue weighted by atomic mass is 16.5. The Morgan fingerprint density at radius 1 is 1.16 bits per heavy atom. The van der Waals surface area contributed by atoms with Crippen molar-refractivity contribution >= 4 is 5.91 Å². The molecule has 0 radical (unpaired) electrons. The second kappa shape index (κ2) is 7.55. The number of carbonyl (C=O) groups is 1. The van der Waals surface area contributed by atoms with Crippen molar-refractivity contribution in [2.24, 2.45) is 7.05 Å². The number of likely N-dealkylation sites (tertiary alicyclic amines) is 1. The number of benzene rings is 1. The van der Waals surface area contributed by atoms with Crippen LogP contribution in [0.4, 0.5) is 0 Å². The van der Waals surface area contributed by atoms with Gasteiger partial charge in [-0.15, -0.1) is 0 Å². The van der Waals surface area contributed by atoms with Crippen LogP contribution in [-0.4, -0.2) is 35.6 Å². The molecule has 0 N–H and O–H groups in total. The molecule has 5 nitrogen and oxygen atoms in total. The molecule has 1 fully saturated rings. The first kappa shape index (κ1) is 17.3. The summed E-state index contributed by atoms with van der Waals surface area (Å²) in [5, 5.41) is 0. The lowest BCUT2D eigenvalue weighted by Crippen LogP contribution is -2.38. The first-order chi connectivity index (χ1) is 12.1. The molecule has 1 aromatic carbocycles. The molecule has 2 heterocycles. The predicted octanol–water partition coefficient (Wildman–Crippen LogP) is 2.80. The van der Waals surface area contributed by atoms with Crippen LogP contribution >= 0.6 is 0 Å². The van der Waals surface area contributed by atoms with Crippen LogP contribution in [0.1, 0.15) is 41.1 Å². The van der Waals surface area contributed by atoms with Crippen LogP contribution in [-0.2, 0) is 7.05 Å². The molecule has 0 aliphatic carbocycles. The topological polar surface area (TPSA) is 51.5 Å². The van der Waals surface area contributed by atoms with E-state index in [1.807, 2.05) is 17.0 Å².